The lowest BCUT2D eigenvalue weighted by Crippen LogP contribution is -2.41. The third kappa shape index (κ3) is 4.78. The van der Waals surface area contributed by atoms with Gasteiger partial charge in [-0.25, -0.2) is 4.79 Å². The molecule has 0 radical (unpaired) electrons. The summed E-state index contributed by atoms with van der Waals surface area (Å²) in [7, 11) is 0. The molecule has 3 rings (SSSR count). The van der Waals surface area contributed by atoms with Crippen LogP contribution in [0.3, 0.4) is 0 Å². The van der Waals surface area contributed by atoms with Crippen molar-refractivity contribution < 1.29 is 28.7 Å². The predicted octanol–water partition coefficient (Wildman–Crippen LogP) is 2.18. The number of rotatable bonds is 6. The topological polar surface area (TPSA) is 102 Å². The highest BCUT2D eigenvalue weighted by molar-refractivity contribution is 6.05. The lowest BCUT2D eigenvalue weighted by atomic mass is 10.1. The van der Waals surface area contributed by atoms with Crippen molar-refractivity contribution in [2.45, 2.75) is 19.4 Å². The number of amides is 2. The summed E-state index contributed by atoms with van der Waals surface area (Å²) in [6.07, 6.45) is 0.748. The lowest BCUT2D eigenvalue weighted by Gasteiger charge is -2.27. The predicted molar refractivity (Wildman–Crippen MR) is 105 cm³/mol. The van der Waals surface area contributed by atoms with E-state index >= 15 is 0 Å². The number of hydrogen-bond donors (Lipinski definition) is 1. The molecular formula is C21H20N2O6. The van der Waals surface area contributed by atoms with Crippen LogP contribution in [0.15, 0.2) is 48.5 Å². The summed E-state index contributed by atoms with van der Waals surface area (Å²) in [5, 5.41) is 2.76. The Hall–Kier alpha value is -3.68. The largest absolute Gasteiger partial charge is 0.481 e. The third-order valence-electron chi connectivity index (χ3n) is 4.38. The highest BCUT2D eigenvalue weighted by atomic mass is 16.6. The molecule has 29 heavy (non-hydrogen) atoms. The van der Waals surface area contributed by atoms with Gasteiger partial charge in [0.1, 0.15) is 5.75 Å². The monoisotopic (exact) mass is 396 g/mol. The summed E-state index contributed by atoms with van der Waals surface area (Å²) in [5.74, 6) is -1.14. The van der Waals surface area contributed by atoms with E-state index < -0.39 is 31.1 Å². The van der Waals surface area contributed by atoms with Crippen LogP contribution < -0.4 is 15.0 Å². The van der Waals surface area contributed by atoms with E-state index in [0.29, 0.717) is 23.2 Å². The summed E-state index contributed by atoms with van der Waals surface area (Å²) in [5.41, 5.74) is 1.38. The van der Waals surface area contributed by atoms with Crippen molar-refractivity contribution in [2.24, 2.45) is 0 Å². The molecule has 1 atom stereocenters. The fourth-order valence-corrected chi connectivity index (χ4v) is 3.07. The Morgan fingerprint density at radius 1 is 1.14 bits per heavy atom. The van der Waals surface area contributed by atoms with Crippen molar-refractivity contribution >= 4 is 35.4 Å². The molecule has 2 aromatic rings. The maximum absolute atomic E-state index is 12.7. The number of aldehydes is 1. The van der Waals surface area contributed by atoms with E-state index in [0.717, 1.165) is 0 Å². The van der Waals surface area contributed by atoms with Gasteiger partial charge in [0.2, 0.25) is 5.91 Å². The van der Waals surface area contributed by atoms with E-state index in [1.165, 1.54) is 4.90 Å². The number of anilines is 2. The number of nitrogens with zero attached hydrogens (tertiary/aromatic N) is 1. The van der Waals surface area contributed by atoms with Crippen LogP contribution in [0.1, 0.15) is 23.7 Å². The van der Waals surface area contributed by atoms with Crippen LogP contribution in [0, 0.1) is 0 Å². The minimum Gasteiger partial charge on any atom is -0.481 e. The van der Waals surface area contributed by atoms with Crippen LogP contribution in [0.5, 0.6) is 5.75 Å². The summed E-state index contributed by atoms with van der Waals surface area (Å²) in [4.78, 5) is 49.1. The van der Waals surface area contributed by atoms with Crippen LogP contribution >= 0.6 is 0 Å². The fraction of sp³-hybridized carbons (Fsp3) is 0.238. The first-order valence-corrected chi connectivity index (χ1v) is 9.03. The second-order valence-corrected chi connectivity index (χ2v) is 6.49. The van der Waals surface area contributed by atoms with E-state index in [1.54, 1.807) is 55.5 Å². The summed E-state index contributed by atoms with van der Waals surface area (Å²) < 4.78 is 10.3. The number of nitrogens with one attached hydrogen (secondary N) is 1. The number of para-hydroxylation sites is 3. The molecule has 0 aliphatic carbocycles. The molecule has 1 aliphatic rings. The zero-order valence-corrected chi connectivity index (χ0v) is 15.8. The molecule has 1 heterocycles. The van der Waals surface area contributed by atoms with Gasteiger partial charge in [0.25, 0.3) is 5.91 Å². The van der Waals surface area contributed by atoms with Crippen molar-refractivity contribution in [2.75, 3.05) is 23.4 Å². The van der Waals surface area contributed by atoms with Gasteiger partial charge in [-0.05, 0) is 31.2 Å². The van der Waals surface area contributed by atoms with Gasteiger partial charge in [-0.1, -0.05) is 24.3 Å². The zero-order chi connectivity index (χ0) is 20.8. The molecule has 0 spiro atoms. The van der Waals surface area contributed by atoms with Crippen molar-refractivity contribution in [3.05, 3.63) is 54.1 Å². The zero-order valence-electron chi connectivity index (χ0n) is 15.8. The molecule has 0 bridgehead atoms. The minimum atomic E-state index is -0.746. The van der Waals surface area contributed by atoms with Gasteiger partial charge in [-0.2, -0.15) is 0 Å². The van der Waals surface area contributed by atoms with Crippen LogP contribution in [-0.2, 0) is 19.1 Å². The number of hydrogen-bond acceptors (Lipinski definition) is 6. The minimum absolute atomic E-state index is 0.125. The second kappa shape index (κ2) is 9.01. The van der Waals surface area contributed by atoms with Crippen LogP contribution in [0.2, 0.25) is 0 Å². The first-order chi connectivity index (χ1) is 14.0. The Morgan fingerprint density at radius 2 is 1.86 bits per heavy atom. The SMILES string of the molecule is C[C@H]1CC(=O)Nc2ccccc2N1C(=O)COC(=O)COc1ccccc1C=O. The van der Waals surface area contributed by atoms with Gasteiger partial charge >= 0.3 is 5.97 Å². The molecule has 0 saturated heterocycles. The normalized spacial score (nSPS) is 15.6. The summed E-state index contributed by atoms with van der Waals surface area (Å²) >= 11 is 0. The molecule has 8 heteroatoms. The number of fused-ring (bicyclic) bond motifs is 1. The van der Waals surface area contributed by atoms with Crippen molar-refractivity contribution in [3.8, 4) is 5.75 Å². The van der Waals surface area contributed by atoms with E-state index in [9.17, 15) is 19.2 Å². The Bertz CT molecular complexity index is 942. The molecule has 0 unspecified atom stereocenters. The van der Waals surface area contributed by atoms with Gasteiger partial charge in [0.15, 0.2) is 19.5 Å². The molecule has 2 aromatic carbocycles. The molecule has 2 amide bonds. The number of carbonyl (C=O) groups is 4. The highest BCUT2D eigenvalue weighted by Crippen LogP contribution is 2.31. The van der Waals surface area contributed by atoms with E-state index in [-0.39, 0.29) is 18.1 Å². The Morgan fingerprint density at radius 3 is 2.66 bits per heavy atom. The average Bonchev–Trinajstić information content (AvgIpc) is 2.84. The van der Waals surface area contributed by atoms with Gasteiger partial charge in [0, 0.05) is 12.5 Å². The molecule has 1 aliphatic heterocycles. The molecular weight excluding hydrogens is 376 g/mol. The maximum Gasteiger partial charge on any atom is 0.344 e. The highest BCUT2D eigenvalue weighted by Gasteiger charge is 2.30. The van der Waals surface area contributed by atoms with Gasteiger partial charge < -0.3 is 19.7 Å². The quantitative estimate of drug-likeness (QED) is 0.593. The van der Waals surface area contributed by atoms with Crippen LogP contribution in [0.4, 0.5) is 11.4 Å². The fourth-order valence-electron chi connectivity index (χ4n) is 3.07. The second-order valence-electron chi connectivity index (χ2n) is 6.49. The lowest BCUT2D eigenvalue weighted by molar-refractivity contribution is -0.150. The number of ether oxygens (including phenoxy) is 2. The molecule has 0 fully saturated rings. The maximum atomic E-state index is 12.7. The number of benzene rings is 2. The standard InChI is InChI=1S/C21H20N2O6/c1-14-10-19(25)22-16-7-3-4-8-17(16)23(14)20(26)12-29-21(27)13-28-18-9-5-2-6-15(18)11-24/h2-9,11,14H,10,12-13H2,1H3,(H,22,25)/t14-/m0/s1. The van der Waals surface area contributed by atoms with Crippen molar-refractivity contribution in [1.29, 1.82) is 0 Å². The Labute approximate surface area is 167 Å². The van der Waals surface area contributed by atoms with Crippen molar-refractivity contribution in [1.82, 2.24) is 0 Å². The molecule has 1 N–H and O–H groups in total. The van der Waals surface area contributed by atoms with E-state index in [2.05, 4.69) is 5.32 Å². The average molecular weight is 396 g/mol. The molecule has 0 aromatic heterocycles. The van der Waals surface area contributed by atoms with Crippen molar-refractivity contribution in [3.63, 3.8) is 0 Å². The number of esters is 1. The first kappa shape index (κ1) is 20.1. The number of carbonyl (C=O) groups excluding carboxylic acids is 4. The van der Waals surface area contributed by atoms with Gasteiger partial charge in [-0.15, -0.1) is 0 Å². The van der Waals surface area contributed by atoms with Crippen LogP contribution in [0.25, 0.3) is 0 Å². The van der Waals surface area contributed by atoms with E-state index in [4.69, 9.17) is 9.47 Å². The van der Waals surface area contributed by atoms with Gasteiger partial charge in [-0.3, -0.25) is 14.4 Å². The third-order valence-corrected chi connectivity index (χ3v) is 4.38. The van der Waals surface area contributed by atoms with Crippen LogP contribution in [-0.4, -0.2) is 43.3 Å². The smallest absolute Gasteiger partial charge is 0.344 e. The Kier molecular flexibility index (Phi) is 6.23. The molecule has 0 saturated carbocycles. The van der Waals surface area contributed by atoms with Gasteiger partial charge in [0.05, 0.1) is 16.9 Å². The molecule has 150 valence electrons. The van der Waals surface area contributed by atoms with E-state index in [1.807, 2.05) is 0 Å². The summed E-state index contributed by atoms with van der Waals surface area (Å²) in [6.45, 7) is 0.815. The Balaban J connectivity index is 1.62. The first-order valence-electron chi connectivity index (χ1n) is 9.03. The summed E-state index contributed by atoms with van der Waals surface area (Å²) in [6, 6.07) is 13.0. The molecule has 8 nitrogen and oxygen atoms in total.